The highest BCUT2D eigenvalue weighted by Crippen LogP contribution is 2.14. The van der Waals surface area contributed by atoms with Crippen LogP contribution in [0, 0.1) is 6.92 Å². The Hall–Kier alpha value is -1.35. The lowest BCUT2D eigenvalue weighted by Crippen LogP contribution is -2.47. The van der Waals surface area contributed by atoms with Gasteiger partial charge in [0, 0.05) is 5.54 Å². The van der Waals surface area contributed by atoms with Crippen LogP contribution in [0.4, 0.5) is 0 Å². The van der Waals surface area contributed by atoms with Crippen molar-refractivity contribution in [1.29, 1.82) is 0 Å². The lowest BCUT2D eigenvalue weighted by molar-refractivity contribution is -0.122. The van der Waals surface area contributed by atoms with Crippen molar-refractivity contribution in [3.05, 3.63) is 35.4 Å². The van der Waals surface area contributed by atoms with Crippen LogP contribution in [0.1, 0.15) is 37.8 Å². The van der Waals surface area contributed by atoms with Crippen molar-refractivity contribution in [3.8, 4) is 0 Å². The molecule has 1 atom stereocenters. The van der Waals surface area contributed by atoms with E-state index in [1.165, 1.54) is 5.56 Å². The highest BCUT2D eigenvalue weighted by molar-refractivity contribution is 5.79. The molecule has 0 aliphatic carbocycles. The molecule has 1 amide bonds. The lowest BCUT2D eigenvalue weighted by Gasteiger charge is -2.29. The van der Waals surface area contributed by atoms with E-state index < -0.39 is 0 Å². The van der Waals surface area contributed by atoms with E-state index in [1.54, 1.807) is 0 Å². The second-order valence-corrected chi connectivity index (χ2v) is 5.16. The molecule has 3 heteroatoms. The summed E-state index contributed by atoms with van der Waals surface area (Å²) in [6.07, 6.45) is 2.13. The minimum atomic E-state index is -0.184. The SMILES string of the molecule is CCC(C)(CCN)NC(=O)Cc1ccc(C)cc1. The molecule has 0 saturated carbocycles. The summed E-state index contributed by atoms with van der Waals surface area (Å²) >= 11 is 0. The molecule has 0 aliphatic heterocycles. The molecule has 100 valence electrons. The van der Waals surface area contributed by atoms with Crippen LogP contribution in [-0.4, -0.2) is 18.0 Å². The summed E-state index contributed by atoms with van der Waals surface area (Å²) in [7, 11) is 0. The number of carbonyl (C=O) groups is 1. The zero-order valence-electron chi connectivity index (χ0n) is 11.6. The van der Waals surface area contributed by atoms with Gasteiger partial charge in [-0.3, -0.25) is 4.79 Å². The molecule has 1 rings (SSSR count). The van der Waals surface area contributed by atoms with E-state index in [2.05, 4.69) is 12.2 Å². The Kier molecular flexibility index (Phi) is 5.35. The van der Waals surface area contributed by atoms with E-state index in [9.17, 15) is 4.79 Å². The Labute approximate surface area is 110 Å². The predicted octanol–water partition coefficient (Wildman–Crippen LogP) is 2.17. The summed E-state index contributed by atoms with van der Waals surface area (Å²) in [6.45, 7) is 6.75. The Morgan fingerprint density at radius 1 is 1.33 bits per heavy atom. The predicted molar refractivity (Wildman–Crippen MR) is 75.4 cm³/mol. The molecule has 0 heterocycles. The highest BCUT2D eigenvalue weighted by atomic mass is 16.1. The summed E-state index contributed by atoms with van der Waals surface area (Å²) in [4.78, 5) is 12.0. The van der Waals surface area contributed by atoms with Crippen molar-refractivity contribution >= 4 is 5.91 Å². The lowest BCUT2D eigenvalue weighted by atomic mass is 9.94. The van der Waals surface area contributed by atoms with Crippen LogP contribution in [0.5, 0.6) is 0 Å². The second kappa shape index (κ2) is 6.55. The van der Waals surface area contributed by atoms with E-state index in [4.69, 9.17) is 5.73 Å². The third-order valence-corrected chi connectivity index (χ3v) is 3.40. The molecule has 1 aromatic carbocycles. The largest absolute Gasteiger partial charge is 0.351 e. The smallest absolute Gasteiger partial charge is 0.224 e. The molecular formula is C15H24N2O. The third-order valence-electron chi connectivity index (χ3n) is 3.40. The summed E-state index contributed by atoms with van der Waals surface area (Å²) in [5, 5.41) is 3.09. The minimum absolute atomic E-state index is 0.0663. The summed E-state index contributed by atoms with van der Waals surface area (Å²) in [5.74, 6) is 0.0663. The number of benzene rings is 1. The van der Waals surface area contributed by atoms with E-state index in [0.29, 0.717) is 13.0 Å². The number of nitrogens with two attached hydrogens (primary N) is 1. The van der Waals surface area contributed by atoms with Gasteiger partial charge in [-0.15, -0.1) is 0 Å². The van der Waals surface area contributed by atoms with Crippen molar-refractivity contribution in [2.45, 2.75) is 45.6 Å². The van der Waals surface area contributed by atoms with Gasteiger partial charge in [-0.2, -0.15) is 0 Å². The number of aryl methyl sites for hydroxylation is 1. The highest BCUT2D eigenvalue weighted by Gasteiger charge is 2.23. The molecule has 0 saturated heterocycles. The van der Waals surface area contributed by atoms with Gasteiger partial charge in [0.1, 0.15) is 0 Å². The average Bonchev–Trinajstić information content (AvgIpc) is 2.32. The molecule has 0 aromatic heterocycles. The van der Waals surface area contributed by atoms with Gasteiger partial charge >= 0.3 is 0 Å². The maximum Gasteiger partial charge on any atom is 0.224 e. The van der Waals surface area contributed by atoms with Gasteiger partial charge in [-0.05, 0) is 38.8 Å². The maximum atomic E-state index is 12.0. The monoisotopic (exact) mass is 248 g/mol. The summed E-state index contributed by atoms with van der Waals surface area (Å²) < 4.78 is 0. The first-order valence-corrected chi connectivity index (χ1v) is 6.56. The molecule has 0 spiro atoms. The van der Waals surface area contributed by atoms with Crippen LogP contribution in [0.3, 0.4) is 0 Å². The Morgan fingerprint density at radius 2 is 1.94 bits per heavy atom. The molecule has 0 aliphatic rings. The van der Waals surface area contributed by atoms with Crippen LogP contribution in [0.15, 0.2) is 24.3 Å². The van der Waals surface area contributed by atoms with Crippen molar-refractivity contribution < 1.29 is 4.79 Å². The van der Waals surface area contributed by atoms with Crippen LogP contribution >= 0.6 is 0 Å². The number of nitrogens with one attached hydrogen (secondary N) is 1. The summed E-state index contributed by atoms with van der Waals surface area (Å²) in [6, 6.07) is 8.06. The average molecular weight is 248 g/mol. The number of hydrogen-bond acceptors (Lipinski definition) is 2. The van der Waals surface area contributed by atoms with Gasteiger partial charge in [-0.1, -0.05) is 36.8 Å². The van der Waals surface area contributed by atoms with Gasteiger partial charge in [0.05, 0.1) is 6.42 Å². The normalized spacial score (nSPS) is 14.0. The van der Waals surface area contributed by atoms with Crippen molar-refractivity contribution in [3.63, 3.8) is 0 Å². The molecule has 0 fully saturated rings. The molecule has 0 radical (unpaired) electrons. The fourth-order valence-corrected chi connectivity index (χ4v) is 1.92. The molecule has 18 heavy (non-hydrogen) atoms. The number of rotatable bonds is 6. The Balaban J connectivity index is 2.58. The van der Waals surface area contributed by atoms with Crippen molar-refractivity contribution in [1.82, 2.24) is 5.32 Å². The molecular weight excluding hydrogens is 224 g/mol. The molecule has 0 bridgehead atoms. The van der Waals surface area contributed by atoms with E-state index in [1.807, 2.05) is 38.1 Å². The quantitative estimate of drug-likeness (QED) is 0.810. The Morgan fingerprint density at radius 3 is 2.44 bits per heavy atom. The summed E-state index contributed by atoms with van der Waals surface area (Å²) in [5.41, 5.74) is 7.65. The van der Waals surface area contributed by atoms with Crippen molar-refractivity contribution in [2.75, 3.05) is 6.54 Å². The fraction of sp³-hybridized carbons (Fsp3) is 0.533. The third kappa shape index (κ3) is 4.49. The molecule has 1 unspecified atom stereocenters. The molecule has 1 aromatic rings. The number of amides is 1. The van der Waals surface area contributed by atoms with Crippen LogP contribution in [0.2, 0.25) is 0 Å². The first-order chi connectivity index (χ1) is 8.49. The van der Waals surface area contributed by atoms with Crippen LogP contribution < -0.4 is 11.1 Å². The van der Waals surface area contributed by atoms with Crippen LogP contribution in [0.25, 0.3) is 0 Å². The van der Waals surface area contributed by atoms with E-state index >= 15 is 0 Å². The maximum absolute atomic E-state index is 12.0. The first kappa shape index (κ1) is 14.7. The zero-order valence-corrected chi connectivity index (χ0v) is 11.6. The van der Waals surface area contributed by atoms with Gasteiger partial charge < -0.3 is 11.1 Å². The zero-order chi connectivity index (χ0) is 13.6. The first-order valence-electron chi connectivity index (χ1n) is 6.56. The molecule has 3 nitrogen and oxygen atoms in total. The van der Waals surface area contributed by atoms with E-state index in [0.717, 1.165) is 18.4 Å². The van der Waals surface area contributed by atoms with Gasteiger partial charge in [0.15, 0.2) is 0 Å². The topological polar surface area (TPSA) is 55.1 Å². The number of carbonyl (C=O) groups excluding carboxylic acids is 1. The fourth-order valence-electron chi connectivity index (χ4n) is 1.92. The van der Waals surface area contributed by atoms with Gasteiger partial charge in [-0.25, -0.2) is 0 Å². The van der Waals surface area contributed by atoms with E-state index in [-0.39, 0.29) is 11.4 Å². The Bertz CT molecular complexity index is 386. The standard InChI is InChI=1S/C15H24N2O/c1-4-15(3,9-10-16)17-14(18)11-13-7-5-12(2)6-8-13/h5-8H,4,9-11,16H2,1-3H3,(H,17,18). The molecule has 3 N–H and O–H groups in total. The van der Waals surface area contributed by atoms with Gasteiger partial charge in [0.25, 0.3) is 0 Å². The number of hydrogen-bond donors (Lipinski definition) is 2. The second-order valence-electron chi connectivity index (χ2n) is 5.16. The van der Waals surface area contributed by atoms with Crippen molar-refractivity contribution in [2.24, 2.45) is 5.73 Å². The van der Waals surface area contributed by atoms with Crippen LogP contribution in [-0.2, 0) is 11.2 Å². The minimum Gasteiger partial charge on any atom is -0.351 e. The van der Waals surface area contributed by atoms with Gasteiger partial charge in [0.2, 0.25) is 5.91 Å².